The van der Waals surface area contributed by atoms with Crippen LogP contribution in [0.25, 0.3) is 0 Å². The van der Waals surface area contributed by atoms with Crippen LogP contribution in [0.5, 0.6) is 5.75 Å². The van der Waals surface area contributed by atoms with Gasteiger partial charge in [-0.25, -0.2) is 4.98 Å². The van der Waals surface area contributed by atoms with E-state index in [9.17, 15) is 0 Å². The Morgan fingerprint density at radius 1 is 1.20 bits per heavy atom. The summed E-state index contributed by atoms with van der Waals surface area (Å²) in [4.78, 5) is 10.1. The first-order valence-corrected chi connectivity index (χ1v) is 9.40. The number of aryl methyl sites for hydroxylation is 3. The van der Waals surface area contributed by atoms with Gasteiger partial charge in [-0.05, 0) is 39.8 Å². The van der Waals surface area contributed by atoms with Crippen LogP contribution in [0.1, 0.15) is 28.1 Å². The molecule has 1 unspecified atom stereocenters. The molecule has 1 atom stereocenters. The molecule has 6 heteroatoms. The van der Waals surface area contributed by atoms with Crippen molar-refractivity contribution in [1.82, 2.24) is 15.6 Å². The lowest BCUT2D eigenvalue weighted by atomic mass is 10.2. The van der Waals surface area contributed by atoms with Gasteiger partial charge >= 0.3 is 0 Å². The first kappa shape index (κ1) is 19.2. The molecule has 2 aromatic rings. The number of thiazole rings is 1. The number of guanidine groups is 1. The van der Waals surface area contributed by atoms with Crippen LogP contribution in [0, 0.1) is 20.8 Å². The van der Waals surface area contributed by atoms with Crippen molar-refractivity contribution in [2.45, 2.75) is 40.2 Å². The Hall–Kier alpha value is -2.08. The van der Waals surface area contributed by atoms with Crippen molar-refractivity contribution in [3.8, 4) is 5.75 Å². The number of hydrogen-bond acceptors (Lipinski definition) is 4. The van der Waals surface area contributed by atoms with E-state index in [0.29, 0.717) is 6.54 Å². The SMILES string of the molecule is CN=C(NCCc1nc(C)c(C)s1)NCC(C)Oc1ccc(C)cc1. The average Bonchev–Trinajstić information content (AvgIpc) is 2.91. The van der Waals surface area contributed by atoms with Crippen LogP contribution in [0.4, 0.5) is 0 Å². The van der Waals surface area contributed by atoms with E-state index >= 15 is 0 Å². The van der Waals surface area contributed by atoms with E-state index in [2.05, 4.69) is 53.5 Å². The largest absolute Gasteiger partial charge is 0.489 e. The molecule has 1 aromatic carbocycles. The van der Waals surface area contributed by atoms with E-state index in [0.717, 1.165) is 35.4 Å². The Balaban J connectivity index is 1.71. The maximum Gasteiger partial charge on any atom is 0.191 e. The van der Waals surface area contributed by atoms with Gasteiger partial charge in [0.15, 0.2) is 5.96 Å². The third-order valence-electron chi connectivity index (χ3n) is 3.84. The quantitative estimate of drug-likeness (QED) is 0.588. The Morgan fingerprint density at radius 3 is 2.52 bits per heavy atom. The van der Waals surface area contributed by atoms with Crippen LogP contribution in [-0.2, 0) is 6.42 Å². The molecule has 0 bridgehead atoms. The molecule has 136 valence electrons. The smallest absolute Gasteiger partial charge is 0.191 e. The lowest BCUT2D eigenvalue weighted by Gasteiger charge is -2.17. The summed E-state index contributed by atoms with van der Waals surface area (Å²) in [5, 5.41) is 7.79. The maximum absolute atomic E-state index is 5.90. The molecule has 1 aromatic heterocycles. The zero-order valence-corrected chi connectivity index (χ0v) is 16.5. The second-order valence-corrected chi connectivity index (χ2v) is 7.41. The summed E-state index contributed by atoms with van der Waals surface area (Å²) in [6, 6.07) is 8.10. The fraction of sp³-hybridized carbons (Fsp3) is 0.474. The number of nitrogens with zero attached hydrogens (tertiary/aromatic N) is 2. The fourth-order valence-electron chi connectivity index (χ4n) is 2.29. The normalized spacial score (nSPS) is 12.8. The average molecular weight is 361 g/mol. The van der Waals surface area contributed by atoms with Crippen molar-refractivity contribution in [2.75, 3.05) is 20.1 Å². The van der Waals surface area contributed by atoms with Crippen molar-refractivity contribution >= 4 is 17.3 Å². The Morgan fingerprint density at radius 2 is 1.92 bits per heavy atom. The molecule has 1 heterocycles. The van der Waals surface area contributed by atoms with Crippen LogP contribution in [0.15, 0.2) is 29.3 Å². The van der Waals surface area contributed by atoms with Crippen molar-refractivity contribution in [3.05, 3.63) is 45.4 Å². The highest BCUT2D eigenvalue weighted by atomic mass is 32.1. The Kier molecular flexibility index (Phi) is 7.25. The standard InChI is InChI=1S/C19H28N4OS/c1-13-6-8-17(9-7-13)24-14(2)12-22-19(20-5)21-11-10-18-23-15(3)16(4)25-18/h6-9,14H,10-12H2,1-5H3,(H2,20,21,22). The fourth-order valence-corrected chi connectivity index (χ4v) is 3.22. The lowest BCUT2D eigenvalue weighted by molar-refractivity contribution is 0.224. The topological polar surface area (TPSA) is 58.5 Å². The number of rotatable bonds is 7. The number of nitrogens with one attached hydrogen (secondary N) is 2. The second kappa shape index (κ2) is 9.42. The molecule has 2 rings (SSSR count). The molecule has 5 nitrogen and oxygen atoms in total. The summed E-state index contributed by atoms with van der Waals surface area (Å²) < 4.78 is 5.90. The van der Waals surface area contributed by atoms with E-state index in [1.165, 1.54) is 10.4 Å². The van der Waals surface area contributed by atoms with Gasteiger partial charge in [-0.15, -0.1) is 11.3 Å². The molecule has 0 amide bonds. The number of aromatic nitrogens is 1. The summed E-state index contributed by atoms with van der Waals surface area (Å²) >= 11 is 1.76. The maximum atomic E-state index is 5.90. The van der Waals surface area contributed by atoms with Gasteiger partial charge in [0.1, 0.15) is 11.9 Å². The zero-order valence-electron chi connectivity index (χ0n) is 15.7. The lowest BCUT2D eigenvalue weighted by Crippen LogP contribution is -2.42. The van der Waals surface area contributed by atoms with E-state index in [-0.39, 0.29) is 6.10 Å². The predicted octanol–water partition coefficient (Wildman–Crippen LogP) is 3.24. The van der Waals surface area contributed by atoms with Gasteiger partial charge in [0.2, 0.25) is 0 Å². The van der Waals surface area contributed by atoms with Crippen LogP contribution in [0.3, 0.4) is 0 Å². The molecule has 0 aliphatic heterocycles. The van der Waals surface area contributed by atoms with Crippen molar-refractivity contribution in [3.63, 3.8) is 0 Å². The number of aliphatic imine (C=N–C) groups is 1. The number of hydrogen-bond donors (Lipinski definition) is 2. The predicted molar refractivity (Wildman–Crippen MR) is 106 cm³/mol. The van der Waals surface area contributed by atoms with Crippen molar-refractivity contribution in [1.29, 1.82) is 0 Å². The molecule has 0 saturated carbocycles. The van der Waals surface area contributed by atoms with E-state index in [1.54, 1.807) is 18.4 Å². The van der Waals surface area contributed by atoms with Gasteiger partial charge in [-0.1, -0.05) is 17.7 Å². The summed E-state index contributed by atoms with van der Waals surface area (Å²) in [6.45, 7) is 9.76. The summed E-state index contributed by atoms with van der Waals surface area (Å²) in [6.07, 6.45) is 0.945. The van der Waals surface area contributed by atoms with Crippen molar-refractivity contribution < 1.29 is 4.74 Å². The van der Waals surface area contributed by atoms with Crippen LogP contribution >= 0.6 is 11.3 Å². The van der Waals surface area contributed by atoms with E-state index in [1.807, 2.05) is 19.1 Å². The summed E-state index contributed by atoms with van der Waals surface area (Å²) in [5.41, 5.74) is 2.36. The van der Waals surface area contributed by atoms with Gasteiger partial charge < -0.3 is 15.4 Å². The van der Waals surface area contributed by atoms with Crippen molar-refractivity contribution in [2.24, 2.45) is 4.99 Å². The second-order valence-electron chi connectivity index (χ2n) is 6.12. The van der Waals surface area contributed by atoms with Gasteiger partial charge in [-0.2, -0.15) is 0 Å². The molecule has 0 radical (unpaired) electrons. The van der Waals surface area contributed by atoms with Crippen LogP contribution < -0.4 is 15.4 Å². The van der Waals surface area contributed by atoms with Crippen LogP contribution in [0.2, 0.25) is 0 Å². The first-order valence-electron chi connectivity index (χ1n) is 8.58. The minimum absolute atomic E-state index is 0.0468. The highest BCUT2D eigenvalue weighted by molar-refractivity contribution is 7.11. The molecular formula is C19H28N4OS. The number of ether oxygens (including phenoxy) is 1. The van der Waals surface area contributed by atoms with Gasteiger partial charge in [-0.3, -0.25) is 4.99 Å². The van der Waals surface area contributed by atoms with E-state index in [4.69, 9.17) is 4.74 Å². The van der Waals surface area contributed by atoms with E-state index < -0.39 is 0 Å². The molecule has 0 fully saturated rings. The highest BCUT2D eigenvalue weighted by Gasteiger charge is 2.07. The van der Waals surface area contributed by atoms with Gasteiger partial charge in [0.25, 0.3) is 0 Å². The summed E-state index contributed by atoms with van der Waals surface area (Å²) in [5.74, 6) is 1.67. The monoisotopic (exact) mass is 360 g/mol. The first-order chi connectivity index (χ1) is 12.0. The molecular weight excluding hydrogens is 332 g/mol. The van der Waals surface area contributed by atoms with Gasteiger partial charge in [0, 0.05) is 24.9 Å². The number of benzene rings is 1. The Labute approximate surface area is 154 Å². The van der Waals surface area contributed by atoms with Crippen LogP contribution in [-0.4, -0.2) is 37.2 Å². The minimum atomic E-state index is 0.0468. The van der Waals surface area contributed by atoms with Gasteiger partial charge in [0.05, 0.1) is 17.2 Å². The molecule has 0 spiro atoms. The minimum Gasteiger partial charge on any atom is -0.489 e. The summed E-state index contributed by atoms with van der Waals surface area (Å²) in [7, 11) is 1.78. The third-order valence-corrected chi connectivity index (χ3v) is 4.98. The molecule has 0 saturated heterocycles. The molecule has 2 N–H and O–H groups in total. The molecule has 0 aliphatic rings. The third kappa shape index (κ3) is 6.38. The Bertz CT molecular complexity index is 674. The molecule has 25 heavy (non-hydrogen) atoms. The highest BCUT2D eigenvalue weighted by Crippen LogP contribution is 2.16. The molecule has 0 aliphatic carbocycles. The zero-order chi connectivity index (χ0) is 18.2.